The van der Waals surface area contributed by atoms with Gasteiger partial charge in [0, 0.05) is 25.2 Å². The van der Waals surface area contributed by atoms with Gasteiger partial charge in [0.15, 0.2) is 5.58 Å². The second kappa shape index (κ2) is 7.80. The minimum atomic E-state index is -2.80. The molecule has 0 bridgehead atoms. The van der Waals surface area contributed by atoms with Crippen molar-refractivity contribution in [1.29, 1.82) is 0 Å². The second-order valence-electron chi connectivity index (χ2n) is 7.16. The molecule has 5 aromatic rings. The minimum absolute atomic E-state index is 0.0358. The summed E-state index contributed by atoms with van der Waals surface area (Å²) in [5.41, 5.74) is 3.57. The standard InChI is InChI=1S/C20H16F2N8O2/c1-29(2)20-23-14-9-13(7-8-15(14)31-20)17-24-28-30(27-17)10-11-3-5-12(6-4-11)18-25-26-19(32-18)16(21)22/h3-9,16H,10H2,1-2H3. The molecule has 0 aliphatic rings. The van der Waals surface area contributed by atoms with Crippen molar-refractivity contribution in [3.05, 3.63) is 53.9 Å². The molecule has 2 aromatic carbocycles. The number of fused-ring (bicyclic) bond motifs is 1. The highest BCUT2D eigenvalue weighted by molar-refractivity contribution is 5.79. The lowest BCUT2D eigenvalue weighted by Crippen LogP contribution is -2.08. The van der Waals surface area contributed by atoms with Gasteiger partial charge in [0.1, 0.15) is 5.52 Å². The lowest BCUT2D eigenvalue weighted by atomic mass is 10.1. The van der Waals surface area contributed by atoms with Gasteiger partial charge in [-0.15, -0.1) is 20.4 Å². The van der Waals surface area contributed by atoms with Gasteiger partial charge in [-0.3, -0.25) is 0 Å². The molecule has 3 heterocycles. The molecule has 0 fully saturated rings. The molecule has 0 atom stereocenters. The summed E-state index contributed by atoms with van der Waals surface area (Å²) in [7, 11) is 3.71. The molecule has 0 spiro atoms. The quantitative estimate of drug-likeness (QED) is 0.393. The van der Waals surface area contributed by atoms with Crippen LogP contribution < -0.4 is 4.90 Å². The van der Waals surface area contributed by atoms with E-state index in [2.05, 4.69) is 30.6 Å². The first-order valence-corrected chi connectivity index (χ1v) is 9.53. The highest BCUT2D eigenvalue weighted by Crippen LogP contribution is 2.26. The lowest BCUT2D eigenvalue weighted by Gasteiger charge is -2.03. The van der Waals surface area contributed by atoms with E-state index in [1.807, 2.05) is 32.3 Å². The Morgan fingerprint density at radius 2 is 1.75 bits per heavy atom. The Bertz CT molecular complexity index is 1370. The number of aromatic nitrogens is 7. The van der Waals surface area contributed by atoms with Crippen LogP contribution in [0.1, 0.15) is 17.9 Å². The van der Waals surface area contributed by atoms with Crippen molar-refractivity contribution in [3.8, 4) is 22.8 Å². The van der Waals surface area contributed by atoms with E-state index in [1.54, 1.807) is 29.2 Å². The summed E-state index contributed by atoms with van der Waals surface area (Å²) in [4.78, 5) is 7.68. The highest BCUT2D eigenvalue weighted by atomic mass is 19.3. The molecule has 0 unspecified atom stereocenters. The van der Waals surface area contributed by atoms with Gasteiger partial charge >= 0.3 is 6.43 Å². The number of anilines is 1. The van der Waals surface area contributed by atoms with Gasteiger partial charge in [0.05, 0.1) is 6.54 Å². The Hall–Kier alpha value is -4.22. The van der Waals surface area contributed by atoms with Crippen LogP contribution in [0.5, 0.6) is 0 Å². The third-order valence-electron chi connectivity index (χ3n) is 4.62. The van der Waals surface area contributed by atoms with E-state index in [0.717, 1.165) is 11.1 Å². The molecule has 0 radical (unpaired) electrons. The number of rotatable bonds is 6. The van der Waals surface area contributed by atoms with E-state index >= 15 is 0 Å². The number of hydrogen-bond donors (Lipinski definition) is 0. The van der Waals surface area contributed by atoms with Gasteiger partial charge in [-0.1, -0.05) is 12.1 Å². The molecule has 12 heteroatoms. The largest absolute Gasteiger partial charge is 0.423 e. The Labute approximate surface area is 179 Å². The maximum atomic E-state index is 12.6. The molecular weight excluding hydrogens is 422 g/mol. The fraction of sp³-hybridized carbons (Fsp3) is 0.200. The predicted molar refractivity (Wildman–Crippen MR) is 109 cm³/mol. The van der Waals surface area contributed by atoms with E-state index in [0.29, 0.717) is 35.0 Å². The van der Waals surface area contributed by atoms with Crippen LogP contribution >= 0.6 is 0 Å². The number of nitrogens with zero attached hydrogens (tertiary/aromatic N) is 8. The first kappa shape index (κ1) is 19.7. The second-order valence-corrected chi connectivity index (χ2v) is 7.16. The van der Waals surface area contributed by atoms with E-state index in [-0.39, 0.29) is 5.89 Å². The smallest absolute Gasteiger partial charge is 0.314 e. The van der Waals surface area contributed by atoms with Crippen molar-refractivity contribution >= 4 is 17.1 Å². The Morgan fingerprint density at radius 1 is 0.969 bits per heavy atom. The van der Waals surface area contributed by atoms with Gasteiger partial charge in [0.2, 0.25) is 11.7 Å². The van der Waals surface area contributed by atoms with Crippen LogP contribution in [0.2, 0.25) is 0 Å². The van der Waals surface area contributed by atoms with E-state index < -0.39 is 12.3 Å². The van der Waals surface area contributed by atoms with Crippen LogP contribution in [-0.4, -0.2) is 49.5 Å². The van der Waals surface area contributed by atoms with Crippen LogP contribution in [0.25, 0.3) is 33.9 Å². The SMILES string of the molecule is CN(C)c1nc2cc(-c3nnn(Cc4ccc(-c5nnc(C(F)F)o5)cc4)n3)ccc2o1. The van der Waals surface area contributed by atoms with Crippen LogP contribution in [-0.2, 0) is 6.54 Å². The zero-order chi connectivity index (χ0) is 22.2. The summed E-state index contributed by atoms with van der Waals surface area (Å²) in [6.07, 6.45) is -2.80. The maximum Gasteiger partial charge on any atom is 0.314 e. The van der Waals surface area contributed by atoms with Crippen molar-refractivity contribution in [3.63, 3.8) is 0 Å². The zero-order valence-electron chi connectivity index (χ0n) is 17.0. The molecule has 10 nitrogen and oxygen atoms in total. The average molecular weight is 438 g/mol. The molecule has 0 saturated carbocycles. The summed E-state index contributed by atoms with van der Waals surface area (Å²) in [6.45, 7) is 0.371. The normalized spacial score (nSPS) is 11.5. The number of oxazole rings is 1. The van der Waals surface area contributed by atoms with Gasteiger partial charge in [-0.05, 0) is 41.1 Å². The Morgan fingerprint density at radius 3 is 2.47 bits per heavy atom. The van der Waals surface area contributed by atoms with Gasteiger partial charge in [0.25, 0.3) is 11.9 Å². The molecule has 5 rings (SSSR count). The average Bonchev–Trinajstić information content (AvgIpc) is 3.53. The minimum Gasteiger partial charge on any atom is -0.423 e. The number of halogens is 2. The number of benzene rings is 2. The van der Waals surface area contributed by atoms with Crippen LogP contribution in [0.3, 0.4) is 0 Å². The third-order valence-corrected chi connectivity index (χ3v) is 4.62. The van der Waals surface area contributed by atoms with E-state index in [9.17, 15) is 8.78 Å². The fourth-order valence-corrected chi connectivity index (χ4v) is 3.03. The zero-order valence-corrected chi connectivity index (χ0v) is 17.0. The van der Waals surface area contributed by atoms with Crippen LogP contribution in [0.4, 0.5) is 14.8 Å². The first-order chi connectivity index (χ1) is 15.5. The Kier molecular flexibility index (Phi) is 4.81. The molecule has 0 amide bonds. The third kappa shape index (κ3) is 3.77. The van der Waals surface area contributed by atoms with Crippen LogP contribution in [0.15, 0.2) is 51.3 Å². The van der Waals surface area contributed by atoms with E-state index in [4.69, 9.17) is 8.83 Å². The molecule has 0 aliphatic carbocycles. The van der Waals surface area contributed by atoms with Crippen molar-refractivity contribution in [2.24, 2.45) is 0 Å². The van der Waals surface area contributed by atoms with Gasteiger partial charge in [-0.25, -0.2) is 0 Å². The topological polar surface area (TPSA) is 112 Å². The summed E-state index contributed by atoms with van der Waals surface area (Å²) in [5, 5.41) is 19.6. The van der Waals surface area contributed by atoms with Crippen molar-refractivity contribution in [2.75, 3.05) is 19.0 Å². The van der Waals surface area contributed by atoms with Gasteiger partial charge in [-0.2, -0.15) is 18.6 Å². The maximum absolute atomic E-state index is 12.6. The van der Waals surface area contributed by atoms with Gasteiger partial charge < -0.3 is 13.7 Å². The molecule has 0 N–H and O–H groups in total. The molecule has 32 heavy (non-hydrogen) atoms. The number of alkyl halides is 2. The summed E-state index contributed by atoms with van der Waals surface area (Å²) < 4.78 is 35.8. The molecule has 3 aromatic heterocycles. The number of hydrogen-bond acceptors (Lipinski definition) is 9. The number of tetrazole rings is 1. The first-order valence-electron chi connectivity index (χ1n) is 9.53. The fourth-order valence-electron chi connectivity index (χ4n) is 3.03. The molecule has 0 aliphatic heterocycles. The lowest BCUT2D eigenvalue weighted by molar-refractivity contribution is 0.116. The Balaban J connectivity index is 1.32. The summed E-state index contributed by atoms with van der Waals surface area (Å²) in [6, 6.07) is 13.0. The van der Waals surface area contributed by atoms with E-state index in [1.165, 1.54) is 4.80 Å². The molecule has 0 saturated heterocycles. The van der Waals surface area contributed by atoms with Crippen LogP contribution in [0, 0.1) is 0 Å². The summed E-state index contributed by atoms with van der Waals surface area (Å²) >= 11 is 0. The summed E-state index contributed by atoms with van der Waals surface area (Å²) in [5.74, 6) is -0.206. The molecular formula is C20H16F2N8O2. The predicted octanol–water partition coefficient (Wildman–Crippen LogP) is 3.58. The van der Waals surface area contributed by atoms with Crippen molar-refractivity contribution < 1.29 is 17.6 Å². The molecule has 162 valence electrons. The monoisotopic (exact) mass is 438 g/mol. The highest BCUT2D eigenvalue weighted by Gasteiger charge is 2.17. The van der Waals surface area contributed by atoms with Crippen molar-refractivity contribution in [2.45, 2.75) is 13.0 Å². The van der Waals surface area contributed by atoms with Crippen molar-refractivity contribution in [1.82, 2.24) is 35.4 Å².